The SMILES string of the molecule is CN/C(C(C)=N)=C(\C)Nc1ccc([N+](=O)[O-])cc1. The summed E-state index contributed by atoms with van der Waals surface area (Å²) < 4.78 is 0. The Bertz CT molecular complexity index is 491. The second-order valence-electron chi connectivity index (χ2n) is 3.80. The van der Waals surface area contributed by atoms with E-state index in [9.17, 15) is 10.1 Å². The number of anilines is 1. The van der Waals surface area contributed by atoms with Crippen LogP contribution in [0.5, 0.6) is 0 Å². The van der Waals surface area contributed by atoms with Crippen LogP contribution in [0.2, 0.25) is 0 Å². The van der Waals surface area contributed by atoms with Crippen molar-refractivity contribution in [2.45, 2.75) is 13.8 Å². The number of nitrogens with one attached hydrogen (secondary N) is 3. The lowest BCUT2D eigenvalue weighted by Crippen LogP contribution is -2.18. The first-order valence-corrected chi connectivity index (χ1v) is 5.41. The molecule has 0 heterocycles. The predicted octanol–water partition coefficient (Wildman–Crippen LogP) is 2.50. The number of rotatable bonds is 5. The third kappa shape index (κ3) is 3.31. The number of allylic oxidation sites excluding steroid dienone is 2. The third-order valence-corrected chi connectivity index (χ3v) is 2.41. The van der Waals surface area contributed by atoms with Crippen LogP contribution in [0.3, 0.4) is 0 Å². The molecule has 18 heavy (non-hydrogen) atoms. The second kappa shape index (κ2) is 5.81. The molecule has 0 spiro atoms. The fourth-order valence-electron chi connectivity index (χ4n) is 1.60. The molecular weight excluding hydrogens is 232 g/mol. The van der Waals surface area contributed by atoms with Crippen molar-refractivity contribution in [1.82, 2.24) is 5.32 Å². The van der Waals surface area contributed by atoms with Gasteiger partial charge in [-0.25, -0.2) is 0 Å². The fraction of sp³-hybridized carbons (Fsp3) is 0.250. The van der Waals surface area contributed by atoms with E-state index in [2.05, 4.69) is 10.6 Å². The summed E-state index contributed by atoms with van der Waals surface area (Å²) in [6, 6.07) is 6.14. The third-order valence-electron chi connectivity index (χ3n) is 2.41. The maximum absolute atomic E-state index is 10.5. The molecule has 6 heteroatoms. The van der Waals surface area contributed by atoms with Gasteiger partial charge in [0.2, 0.25) is 0 Å². The Balaban J connectivity index is 2.91. The van der Waals surface area contributed by atoms with Gasteiger partial charge in [0.1, 0.15) is 0 Å². The average Bonchev–Trinajstić information content (AvgIpc) is 2.29. The minimum Gasteiger partial charge on any atom is -0.385 e. The van der Waals surface area contributed by atoms with Gasteiger partial charge in [-0.3, -0.25) is 10.1 Å². The first kappa shape index (κ1) is 13.7. The van der Waals surface area contributed by atoms with Gasteiger partial charge in [0.25, 0.3) is 5.69 Å². The Morgan fingerprint density at radius 1 is 1.28 bits per heavy atom. The Hall–Kier alpha value is -2.37. The number of nitro benzene ring substituents is 1. The lowest BCUT2D eigenvalue weighted by Gasteiger charge is -2.12. The zero-order valence-electron chi connectivity index (χ0n) is 10.6. The predicted molar refractivity (Wildman–Crippen MR) is 71.9 cm³/mol. The molecule has 0 saturated heterocycles. The summed E-state index contributed by atoms with van der Waals surface area (Å²) >= 11 is 0. The number of non-ortho nitro benzene ring substituents is 1. The van der Waals surface area contributed by atoms with Crippen molar-refractivity contribution in [3.8, 4) is 0 Å². The van der Waals surface area contributed by atoms with E-state index < -0.39 is 4.92 Å². The van der Waals surface area contributed by atoms with Gasteiger partial charge in [-0.15, -0.1) is 0 Å². The number of hydrogen-bond donors (Lipinski definition) is 3. The maximum Gasteiger partial charge on any atom is 0.269 e. The molecule has 0 atom stereocenters. The summed E-state index contributed by atoms with van der Waals surface area (Å²) in [6.45, 7) is 3.53. The molecule has 0 aliphatic heterocycles. The standard InChI is InChI=1S/C12H16N4O2/c1-8(13)12(14-3)9(2)15-10-4-6-11(7-5-10)16(17)18/h4-7,13-15H,1-3H3/b12-9+,13-8?. The molecule has 0 unspecified atom stereocenters. The highest BCUT2D eigenvalue weighted by Gasteiger charge is 2.06. The number of hydrogen-bond acceptors (Lipinski definition) is 5. The van der Waals surface area contributed by atoms with Gasteiger partial charge < -0.3 is 16.0 Å². The van der Waals surface area contributed by atoms with Crippen molar-refractivity contribution >= 4 is 17.1 Å². The molecule has 0 saturated carbocycles. The Labute approximate surface area is 105 Å². The Kier molecular flexibility index (Phi) is 4.42. The van der Waals surface area contributed by atoms with E-state index in [1.807, 2.05) is 6.92 Å². The van der Waals surface area contributed by atoms with Gasteiger partial charge in [0.05, 0.1) is 16.3 Å². The molecule has 0 radical (unpaired) electrons. The zero-order chi connectivity index (χ0) is 13.7. The van der Waals surface area contributed by atoms with Crippen molar-refractivity contribution in [3.05, 3.63) is 45.8 Å². The molecule has 0 bridgehead atoms. The summed E-state index contributed by atoms with van der Waals surface area (Å²) in [6.07, 6.45) is 0. The van der Waals surface area contributed by atoms with Crippen LogP contribution >= 0.6 is 0 Å². The molecule has 0 fully saturated rings. The molecule has 1 aromatic carbocycles. The van der Waals surface area contributed by atoms with Crippen LogP contribution in [-0.2, 0) is 0 Å². The number of nitrogens with zero attached hydrogens (tertiary/aromatic N) is 1. The largest absolute Gasteiger partial charge is 0.385 e. The Morgan fingerprint density at radius 2 is 1.83 bits per heavy atom. The summed E-state index contributed by atoms with van der Waals surface area (Å²) in [5.74, 6) is 0. The van der Waals surface area contributed by atoms with Gasteiger partial charge >= 0.3 is 0 Å². The van der Waals surface area contributed by atoms with Crippen LogP contribution < -0.4 is 10.6 Å². The van der Waals surface area contributed by atoms with Crippen molar-refractivity contribution in [3.63, 3.8) is 0 Å². The molecule has 0 aromatic heterocycles. The van der Waals surface area contributed by atoms with Crippen molar-refractivity contribution in [1.29, 1.82) is 5.41 Å². The van der Waals surface area contributed by atoms with E-state index in [1.54, 1.807) is 26.1 Å². The van der Waals surface area contributed by atoms with Gasteiger partial charge in [-0.2, -0.15) is 0 Å². The lowest BCUT2D eigenvalue weighted by atomic mass is 10.2. The van der Waals surface area contributed by atoms with E-state index in [0.29, 0.717) is 11.4 Å². The van der Waals surface area contributed by atoms with E-state index in [-0.39, 0.29) is 5.69 Å². The monoisotopic (exact) mass is 248 g/mol. The summed E-state index contributed by atoms with van der Waals surface area (Å²) in [5.41, 5.74) is 2.71. The first-order valence-electron chi connectivity index (χ1n) is 5.41. The van der Waals surface area contributed by atoms with E-state index >= 15 is 0 Å². The van der Waals surface area contributed by atoms with Crippen LogP contribution in [-0.4, -0.2) is 17.7 Å². The quantitative estimate of drug-likeness (QED) is 0.424. The molecule has 1 rings (SSSR count). The van der Waals surface area contributed by atoms with Crippen LogP contribution in [0.1, 0.15) is 13.8 Å². The summed E-state index contributed by atoms with van der Waals surface area (Å²) in [5, 5.41) is 24.1. The second-order valence-corrected chi connectivity index (χ2v) is 3.80. The summed E-state index contributed by atoms with van der Waals surface area (Å²) in [7, 11) is 1.74. The van der Waals surface area contributed by atoms with Crippen LogP contribution in [0.4, 0.5) is 11.4 Å². The highest BCUT2D eigenvalue weighted by Crippen LogP contribution is 2.17. The normalized spacial score (nSPS) is 11.5. The first-order chi connectivity index (χ1) is 8.45. The zero-order valence-corrected chi connectivity index (χ0v) is 10.6. The molecule has 0 aliphatic carbocycles. The number of nitro groups is 1. The van der Waals surface area contributed by atoms with Crippen LogP contribution in [0, 0.1) is 15.5 Å². The molecular formula is C12H16N4O2. The van der Waals surface area contributed by atoms with Gasteiger partial charge in [0, 0.05) is 30.6 Å². The minimum absolute atomic E-state index is 0.0549. The van der Waals surface area contributed by atoms with Gasteiger partial charge in [-0.05, 0) is 26.0 Å². The average molecular weight is 248 g/mol. The highest BCUT2D eigenvalue weighted by molar-refractivity contribution is 5.96. The van der Waals surface area contributed by atoms with Gasteiger partial charge in [-0.1, -0.05) is 0 Å². The van der Waals surface area contributed by atoms with Gasteiger partial charge in [0.15, 0.2) is 0 Å². The van der Waals surface area contributed by atoms with Crippen LogP contribution in [0.15, 0.2) is 35.7 Å². The lowest BCUT2D eigenvalue weighted by molar-refractivity contribution is -0.384. The molecule has 0 amide bonds. The summed E-state index contributed by atoms with van der Waals surface area (Å²) in [4.78, 5) is 10.1. The number of benzene rings is 1. The van der Waals surface area contributed by atoms with E-state index in [0.717, 1.165) is 11.4 Å². The maximum atomic E-state index is 10.5. The molecule has 0 aliphatic rings. The minimum atomic E-state index is -0.437. The molecule has 6 nitrogen and oxygen atoms in total. The van der Waals surface area contributed by atoms with Crippen molar-refractivity contribution in [2.75, 3.05) is 12.4 Å². The molecule has 96 valence electrons. The van der Waals surface area contributed by atoms with Crippen molar-refractivity contribution in [2.24, 2.45) is 0 Å². The smallest absolute Gasteiger partial charge is 0.269 e. The topological polar surface area (TPSA) is 91.1 Å². The van der Waals surface area contributed by atoms with E-state index in [4.69, 9.17) is 5.41 Å². The molecule has 1 aromatic rings. The van der Waals surface area contributed by atoms with Crippen LogP contribution in [0.25, 0.3) is 0 Å². The highest BCUT2D eigenvalue weighted by atomic mass is 16.6. The van der Waals surface area contributed by atoms with E-state index in [1.165, 1.54) is 12.1 Å². The fourth-order valence-corrected chi connectivity index (χ4v) is 1.60. The molecule has 3 N–H and O–H groups in total. The van der Waals surface area contributed by atoms with Crippen molar-refractivity contribution < 1.29 is 4.92 Å². The Morgan fingerprint density at radius 3 is 2.22 bits per heavy atom.